The lowest BCUT2D eigenvalue weighted by Gasteiger charge is -1.93. The molecule has 2 aromatic rings. The molecule has 0 radical (unpaired) electrons. The number of carboxylic acid groups (broad SMARTS) is 1. The van der Waals surface area contributed by atoms with E-state index in [1.54, 1.807) is 0 Å². The second-order valence-electron chi connectivity index (χ2n) is 3.07. The molecule has 0 aliphatic carbocycles. The normalized spacial score (nSPS) is 10.7. The Kier molecular flexibility index (Phi) is 2.68. The molecule has 1 N–H and O–H groups in total. The number of aliphatic carboxylic acids is 1. The van der Waals surface area contributed by atoms with Gasteiger partial charge in [-0.3, -0.25) is 4.79 Å². The Morgan fingerprint density at radius 3 is 2.87 bits per heavy atom. The number of nitrogens with zero attached hydrogens (tertiary/aromatic N) is 3. The predicted molar refractivity (Wildman–Crippen MR) is 57.5 cm³/mol. The Hall–Kier alpha value is -1.43. The first kappa shape index (κ1) is 10.1. The summed E-state index contributed by atoms with van der Waals surface area (Å²) in [5, 5.41) is 16.8. The molecule has 0 saturated carbocycles. The molecule has 0 bridgehead atoms. The standard InChI is InChI=1S/C9H8BrN3O2/c10-6-1-2-7-8(5-6)12-13(11-7)4-3-9(14)15/h1-2,5H,3-4H2,(H,14,15). The van der Waals surface area contributed by atoms with Gasteiger partial charge in [0.05, 0.1) is 13.0 Å². The third kappa shape index (κ3) is 2.33. The van der Waals surface area contributed by atoms with Gasteiger partial charge in [-0.2, -0.15) is 15.0 Å². The average molecular weight is 270 g/mol. The number of halogens is 1. The predicted octanol–water partition coefficient (Wildman–Crippen LogP) is 1.67. The Bertz CT molecular complexity index is 509. The molecule has 2 rings (SSSR count). The number of hydrogen-bond donors (Lipinski definition) is 1. The quantitative estimate of drug-likeness (QED) is 0.921. The number of aromatic nitrogens is 3. The number of aryl methyl sites for hydroxylation is 1. The summed E-state index contributed by atoms with van der Waals surface area (Å²) in [5.41, 5.74) is 1.53. The Labute approximate surface area is 93.8 Å². The fourth-order valence-corrected chi connectivity index (χ4v) is 1.58. The highest BCUT2D eigenvalue weighted by Crippen LogP contribution is 2.16. The summed E-state index contributed by atoms with van der Waals surface area (Å²) in [7, 11) is 0. The maximum absolute atomic E-state index is 10.4. The molecule has 5 nitrogen and oxygen atoms in total. The monoisotopic (exact) mass is 269 g/mol. The van der Waals surface area contributed by atoms with Crippen molar-refractivity contribution in [2.24, 2.45) is 0 Å². The summed E-state index contributed by atoms with van der Waals surface area (Å²) in [5.74, 6) is -0.850. The molecule has 1 aromatic heterocycles. The van der Waals surface area contributed by atoms with E-state index in [1.807, 2.05) is 18.2 Å². The minimum Gasteiger partial charge on any atom is -0.481 e. The SMILES string of the molecule is O=C(O)CCn1nc2ccc(Br)cc2n1. The topological polar surface area (TPSA) is 68.0 Å². The zero-order valence-electron chi connectivity index (χ0n) is 7.72. The van der Waals surface area contributed by atoms with Crippen LogP contribution < -0.4 is 0 Å². The van der Waals surface area contributed by atoms with Crippen LogP contribution in [0.3, 0.4) is 0 Å². The van der Waals surface area contributed by atoms with E-state index in [9.17, 15) is 4.79 Å². The number of fused-ring (bicyclic) bond motifs is 1. The minimum atomic E-state index is -0.850. The van der Waals surface area contributed by atoms with Crippen molar-refractivity contribution < 1.29 is 9.90 Å². The highest BCUT2D eigenvalue weighted by Gasteiger charge is 2.04. The Morgan fingerprint density at radius 1 is 1.40 bits per heavy atom. The summed E-state index contributed by atoms with van der Waals surface area (Å²) in [6.45, 7) is 0.293. The van der Waals surface area contributed by atoms with Crippen LogP contribution in [0, 0.1) is 0 Å². The average Bonchev–Trinajstić information content (AvgIpc) is 2.56. The number of carbonyl (C=O) groups is 1. The lowest BCUT2D eigenvalue weighted by molar-refractivity contribution is -0.137. The summed E-state index contributed by atoms with van der Waals surface area (Å²) < 4.78 is 0.931. The molecule has 0 amide bonds. The van der Waals surface area contributed by atoms with Gasteiger partial charge < -0.3 is 5.11 Å². The molecule has 0 fully saturated rings. The number of benzene rings is 1. The first-order valence-electron chi connectivity index (χ1n) is 4.37. The maximum atomic E-state index is 10.4. The van der Waals surface area contributed by atoms with E-state index in [1.165, 1.54) is 4.80 Å². The van der Waals surface area contributed by atoms with Gasteiger partial charge in [0.2, 0.25) is 0 Å². The van der Waals surface area contributed by atoms with E-state index in [0.717, 1.165) is 15.5 Å². The van der Waals surface area contributed by atoms with Crippen molar-refractivity contribution in [3.05, 3.63) is 22.7 Å². The zero-order chi connectivity index (χ0) is 10.8. The van der Waals surface area contributed by atoms with Crippen LogP contribution in [0.4, 0.5) is 0 Å². The van der Waals surface area contributed by atoms with E-state index in [0.29, 0.717) is 6.54 Å². The zero-order valence-corrected chi connectivity index (χ0v) is 9.31. The molecule has 0 saturated heterocycles. The highest BCUT2D eigenvalue weighted by molar-refractivity contribution is 9.10. The summed E-state index contributed by atoms with van der Waals surface area (Å²) in [4.78, 5) is 11.8. The van der Waals surface area contributed by atoms with Crippen LogP contribution in [-0.2, 0) is 11.3 Å². The third-order valence-corrected chi connectivity index (χ3v) is 2.40. The van der Waals surface area contributed by atoms with Crippen molar-refractivity contribution in [3.8, 4) is 0 Å². The summed E-state index contributed by atoms with van der Waals surface area (Å²) in [6.07, 6.45) is 0.0299. The number of rotatable bonds is 3. The van der Waals surface area contributed by atoms with Gasteiger partial charge in [0.1, 0.15) is 11.0 Å². The van der Waals surface area contributed by atoms with E-state index < -0.39 is 5.97 Å². The largest absolute Gasteiger partial charge is 0.481 e. The number of hydrogen-bond acceptors (Lipinski definition) is 3. The van der Waals surface area contributed by atoms with Gasteiger partial charge in [-0.25, -0.2) is 0 Å². The van der Waals surface area contributed by atoms with E-state index >= 15 is 0 Å². The van der Waals surface area contributed by atoms with Gasteiger partial charge in [-0.1, -0.05) is 15.9 Å². The van der Waals surface area contributed by atoms with Crippen LogP contribution in [0.5, 0.6) is 0 Å². The van der Waals surface area contributed by atoms with Crippen LogP contribution in [-0.4, -0.2) is 26.1 Å². The van der Waals surface area contributed by atoms with Crippen LogP contribution in [0.25, 0.3) is 11.0 Å². The van der Waals surface area contributed by atoms with Crippen LogP contribution in [0.15, 0.2) is 22.7 Å². The van der Waals surface area contributed by atoms with Gasteiger partial charge in [0, 0.05) is 4.47 Å². The third-order valence-electron chi connectivity index (χ3n) is 1.91. The van der Waals surface area contributed by atoms with Crippen LogP contribution in [0.2, 0.25) is 0 Å². The van der Waals surface area contributed by atoms with Crippen molar-refractivity contribution >= 4 is 32.9 Å². The van der Waals surface area contributed by atoms with E-state index in [-0.39, 0.29) is 6.42 Å². The lowest BCUT2D eigenvalue weighted by Crippen LogP contribution is -2.07. The molecule has 0 unspecified atom stereocenters. The molecular formula is C9H8BrN3O2. The Balaban J connectivity index is 2.27. The van der Waals surface area contributed by atoms with Crippen molar-refractivity contribution in [2.75, 3.05) is 0 Å². The van der Waals surface area contributed by atoms with Gasteiger partial charge in [-0.15, -0.1) is 0 Å². The lowest BCUT2D eigenvalue weighted by atomic mass is 10.3. The minimum absolute atomic E-state index is 0.0299. The van der Waals surface area contributed by atoms with Crippen molar-refractivity contribution in [1.29, 1.82) is 0 Å². The molecule has 78 valence electrons. The fourth-order valence-electron chi connectivity index (χ4n) is 1.23. The van der Waals surface area contributed by atoms with E-state index in [2.05, 4.69) is 26.1 Å². The second kappa shape index (κ2) is 3.98. The molecule has 0 aliphatic heterocycles. The first-order valence-corrected chi connectivity index (χ1v) is 5.16. The molecule has 0 aliphatic rings. The summed E-state index contributed by atoms with van der Waals surface area (Å²) in [6, 6.07) is 5.56. The Morgan fingerprint density at radius 2 is 2.13 bits per heavy atom. The van der Waals surface area contributed by atoms with Crippen molar-refractivity contribution in [2.45, 2.75) is 13.0 Å². The van der Waals surface area contributed by atoms with Crippen LogP contribution in [0.1, 0.15) is 6.42 Å². The van der Waals surface area contributed by atoms with Gasteiger partial charge in [0.15, 0.2) is 0 Å². The molecular weight excluding hydrogens is 262 g/mol. The van der Waals surface area contributed by atoms with Gasteiger partial charge >= 0.3 is 5.97 Å². The van der Waals surface area contributed by atoms with Crippen molar-refractivity contribution in [1.82, 2.24) is 15.0 Å². The molecule has 1 heterocycles. The smallest absolute Gasteiger partial charge is 0.305 e. The molecule has 6 heteroatoms. The summed E-state index contributed by atoms with van der Waals surface area (Å²) >= 11 is 3.33. The number of carboxylic acids is 1. The first-order chi connectivity index (χ1) is 7.15. The van der Waals surface area contributed by atoms with Crippen molar-refractivity contribution in [3.63, 3.8) is 0 Å². The van der Waals surface area contributed by atoms with Gasteiger partial charge in [-0.05, 0) is 18.2 Å². The molecule has 0 atom stereocenters. The molecule has 15 heavy (non-hydrogen) atoms. The van der Waals surface area contributed by atoms with E-state index in [4.69, 9.17) is 5.11 Å². The second-order valence-corrected chi connectivity index (χ2v) is 3.99. The molecule has 0 spiro atoms. The van der Waals surface area contributed by atoms with Gasteiger partial charge in [0.25, 0.3) is 0 Å². The maximum Gasteiger partial charge on any atom is 0.305 e. The molecule has 1 aromatic carbocycles. The van der Waals surface area contributed by atoms with Crippen LogP contribution >= 0.6 is 15.9 Å². The fraction of sp³-hybridized carbons (Fsp3) is 0.222. The highest BCUT2D eigenvalue weighted by atomic mass is 79.9.